The Bertz CT molecular complexity index is 335. The molecule has 1 rings (SSSR count). The Labute approximate surface area is 102 Å². The van der Waals surface area contributed by atoms with E-state index in [-0.39, 0.29) is 0 Å². The summed E-state index contributed by atoms with van der Waals surface area (Å²) >= 11 is 0. The van der Waals surface area contributed by atoms with E-state index in [1.165, 1.54) is 7.11 Å². The van der Waals surface area contributed by atoms with Gasteiger partial charge in [0, 0.05) is 18.2 Å². The molecule has 96 valence electrons. The van der Waals surface area contributed by atoms with Crippen molar-refractivity contribution in [1.29, 1.82) is 0 Å². The molecule has 0 saturated carbocycles. The fraction of sp³-hybridized carbons (Fsp3) is 0.538. The summed E-state index contributed by atoms with van der Waals surface area (Å²) in [4.78, 5) is 0. The van der Waals surface area contributed by atoms with E-state index in [9.17, 15) is 5.11 Å². The predicted molar refractivity (Wildman–Crippen MR) is 65.5 cm³/mol. The van der Waals surface area contributed by atoms with Crippen LogP contribution in [-0.2, 0) is 4.74 Å². The molecule has 0 heterocycles. The molecule has 0 saturated heterocycles. The molecule has 1 unspecified atom stereocenters. The van der Waals surface area contributed by atoms with E-state index in [0.717, 1.165) is 5.56 Å². The lowest BCUT2D eigenvalue weighted by atomic mass is 10.1. The Hall–Kier alpha value is -1.26. The smallest absolute Gasteiger partial charge is 0.181 e. The van der Waals surface area contributed by atoms with Gasteiger partial charge in [-0.3, -0.25) is 0 Å². The van der Waals surface area contributed by atoms with Gasteiger partial charge < -0.3 is 19.3 Å². The number of aliphatic hydroxyl groups is 1. The predicted octanol–water partition coefficient (Wildman–Crippen LogP) is 2.43. The number of benzene rings is 1. The molecule has 1 atom stereocenters. The van der Waals surface area contributed by atoms with Crippen LogP contribution >= 0.6 is 0 Å². The highest BCUT2D eigenvalue weighted by molar-refractivity contribution is 5.47. The Morgan fingerprint density at radius 3 is 1.94 bits per heavy atom. The molecule has 0 spiro atoms. The highest BCUT2D eigenvalue weighted by Gasteiger charge is 2.14. The molecule has 0 aromatic heterocycles. The quantitative estimate of drug-likeness (QED) is 0.776. The van der Waals surface area contributed by atoms with Crippen LogP contribution in [0.3, 0.4) is 0 Å². The zero-order valence-corrected chi connectivity index (χ0v) is 10.8. The molecule has 0 aliphatic carbocycles. The number of ether oxygens (including phenoxy) is 3. The van der Waals surface area contributed by atoms with Crippen LogP contribution in [0, 0.1) is 6.92 Å². The van der Waals surface area contributed by atoms with E-state index < -0.39 is 6.29 Å². The largest absolute Gasteiger partial charge is 0.493 e. The van der Waals surface area contributed by atoms with Gasteiger partial charge >= 0.3 is 0 Å². The summed E-state index contributed by atoms with van der Waals surface area (Å²) in [7, 11) is 1.45. The SMILES string of the molecule is CCOc1cc(C(O)OC)cc(OCC)c1C. The number of hydrogen-bond donors (Lipinski definition) is 1. The summed E-state index contributed by atoms with van der Waals surface area (Å²) in [6.45, 7) is 6.90. The molecule has 0 bridgehead atoms. The fourth-order valence-electron chi connectivity index (χ4n) is 1.57. The molecule has 0 aliphatic heterocycles. The van der Waals surface area contributed by atoms with Crippen LogP contribution in [0.4, 0.5) is 0 Å². The third-order valence-corrected chi connectivity index (χ3v) is 2.44. The van der Waals surface area contributed by atoms with Crippen molar-refractivity contribution >= 4 is 0 Å². The van der Waals surface area contributed by atoms with Crippen LogP contribution in [0.5, 0.6) is 11.5 Å². The van der Waals surface area contributed by atoms with E-state index >= 15 is 0 Å². The second-order valence-electron chi connectivity index (χ2n) is 3.60. The van der Waals surface area contributed by atoms with Crippen molar-refractivity contribution in [1.82, 2.24) is 0 Å². The fourth-order valence-corrected chi connectivity index (χ4v) is 1.57. The summed E-state index contributed by atoms with van der Waals surface area (Å²) in [6.07, 6.45) is -0.964. The molecule has 1 aromatic carbocycles. The van der Waals surface area contributed by atoms with Crippen LogP contribution in [0.15, 0.2) is 12.1 Å². The van der Waals surface area contributed by atoms with E-state index in [0.29, 0.717) is 30.3 Å². The normalized spacial score (nSPS) is 12.3. The topological polar surface area (TPSA) is 47.9 Å². The highest BCUT2D eigenvalue weighted by atomic mass is 16.6. The van der Waals surface area contributed by atoms with Crippen LogP contribution in [0.2, 0.25) is 0 Å². The molecule has 4 nitrogen and oxygen atoms in total. The lowest BCUT2D eigenvalue weighted by Crippen LogP contribution is -2.04. The van der Waals surface area contributed by atoms with Gasteiger partial charge in [-0.15, -0.1) is 0 Å². The minimum Gasteiger partial charge on any atom is -0.493 e. The molecule has 1 N–H and O–H groups in total. The molecule has 17 heavy (non-hydrogen) atoms. The van der Waals surface area contributed by atoms with Crippen molar-refractivity contribution in [2.24, 2.45) is 0 Å². The second kappa shape index (κ2) is 6.47. The molecular weight excluding hydrogens is 220 g/mol. The van der Waals surface area contributed by atoms with Gasteiger partial charge in [0.05, 0.1) is 13.2 Å². The first-order valence-electron chi connectivity index (χ1n) is 5.75. The maximum atomic E-state index is 9.67. The molecule has 0 fully saturated rings. The minimum absolute atomic E-state index is 0.568. The van der Waals surface area contributed by atoms with Crippen molar-refractivity contribution in [3.8, 4) is 11.5 Å². The van der Waals surface area contributed by atoms with Gasteiger partial charge in [-0.05, 0) is 32.9 Å². The lowest BCUT2D eigenvalue weighted by Gasteiger charge is -2.16. The number of methoxy groups -OCH3 is 1. The van der Waals surface area contributed by atoms with Crippen molar-refractivity contribution in [2.75, 3.05) is 20.3 Å². The van der Waals surface area contributed by atoms with Crippen LogP contribution in [0.1, 0.15) is 31.3 Å². The average molecular weight is 240 g/mol. The summed E-state index contributed by atoms with van der Waals surface area (Å²) < 4.78 is 15.9. The average Bonchev–Trinajstić information content (AvgIpc) is 2.33. The van der Waals surface area contributed by atoms with Gasteiger partial charge in [0.15, 0.2) is 6.29 Å². The van der Waals surface area contributed by atoms with Gasteiger partial charge in [0.25, 0.3) is 0 Å². The third kappa shape index (κ3) is 3.35. The Kier molecular flexibility index (Phi) is 5.25. The van der Waals surface area contributed by atoms with Gasteiger partial charge in [-0.25, -0.2) is 0 Å². The Morgan fingerprint density at radius 2 is 1.59 bits per heavy atom. The van der Waals surface area contributed by atoms with Crippen molar-refractivity contribution < 1.29 is 19.3 Å². The molecule has 0 amide bonds. The summed E-state index contributed by atoms with van der Waals surface area (Å²) in [5.74, 6) is 1.43. The monoisotopic (exact) mass is 240 g/mol. The highest BCUT2D eigenvalue weighted by Crippen LogP contribution is 2.32. The Morgan fingerprint density at radius 1 is 1.12 bits per heavy atom. The van der Waals surface area contributed by atoms with Crippen molar-refractivity contribution in [3.63, 3.8) is 0 Å². The first-order chi connectivity index (χ1) is 8.13. The van der Waals surface area contributed by atoms with Crippen LogP contribution in [0.25, 0.3) is 0 Å². The van der Waals surface area contributed by atoms with E-state index in [2.05, 4.69) is 0 Å². The molecule has 1 aromatic rings. The summed E-state index contributed by atoms with van der Waals surface area (Å²) in [5.41, 5.74) is 1.56. The number of aliphatic hydroxyl groups excluding tert-OH is 1. The van der Waals surface area contributed by atoms with E-state index in [4.69, 9.17) is 14.2 Å². The second-order valence-corrected chi connectivity index (χ2v) is 3.60. The maximum absolute atomic E-state index is 9.67. The zero-order chi connectivity index (χ0) is 12.8. The third-order valence-electron chi connectivity index (χ3n) is 2.44. The van der Waals surface area contributed by atoms with Gasteiger partial charge in [-0.1, -0.05) is 0 Å². The first-order valence-corrected chi connectivity index (χ1v) is 5.75. The van der Waals surface area contributed by atoms with E-state index in [1.807, 2.05) is 20.8 Å². The lowest BCUT2D eigenvalue weighted by molar-refractivity contribution is -0.0771. The minimum atomic E-state index is -0.964. The number of rotatable bonds is 6. The summed E-state index contributed by atoms with van der Waals surface area (Å²) in [6, 6.07) is 3.55. The molecule has 0 aliphatic rings. The molecule has 0 radical (unpaired) electrons. The summed E-state index contributed by atoms with van der Waals surface area (Å²) in [5, 5.41) is 9.67. The van der Waals surface area contributed by atoms with Gasteiger partial charge in [0.1, 0.15) is 11.5 Å². The zero-order valence-electron chi connectivity index (χ0n) is 10.8. The van der Waals surface area contributed by atoms with Gasteiger partial charge in [0.2, 0.25) is 0 Å². The van der Waals surface area contributed by atoms with Crippen molar-refractivity contribution in [3.05, 3.63) is 23.3 Å². The first kappa shape index (κ1) is 13.8. The molecule has 4 heteroatoms. The van der Waals surface area contributed by atoms with Crippen molar-refractivity contribution in [2.45, 2.75) is 27.1 Å². The van der Waals surface area contributed by atoms with Gasteiger partial charge in [-0.2, -0.15) is 0 Å². The van der Waals surface area contributed by atoms with E-state index in [1.54, 1.807) is 12.1 Å². The Balaban J connectivity index is 3.15. The maximum Gasteiger partial charge on any atom is 0.181 e. The van der Waals surface area contributed by atoms with Crippen LogP contribution < -0.4 is 9.47 Å². The number of hydrogen-bond acceptors (Lipinski definition) is 4. The van der Waals surface area contributed by atoms with Crippen LogP contribution in [-0.4, -0.2) is 25.4 Å². The molecular formula is C13H20O4. The standard InChI is InChI=1S/C13H20O4/c1-5-16-11-7-10(13(14)15-4)8-12(9(11)3)17-6-2/h7-8,13-14H,5-6H2,1-4H3.